The minimum Gasteiger partial charge on any atom is -0.457 e. The Kier molecular flexibility index (Phi) is 5.56. The molecule has 3 nitrogen and oxygen atoms in total. The summed E-state index contributed by atoms with van der Waals surface area (Å²) in [6.45, 7) is 5.91. The largest absolute Gasteiger partial charge is 0.457 e. The van der Waals surface area contributed by atoms with Gasteiger partial charge < -0.3 is 4.74 Å². The lowest BCUT2D eigenvalue weighted by molar-refractivity contribution is -0.113. The third-order valence-corrected chi connectivity index (χ3v) is 5.12. The molecule has 0 atom stereocenters. The maximum atomic E-state index is 12.1. The third-order valence-electron chi connectivity index (χ3n) is 3.91. The summed E-state index contributed by atoms with van der Waals surface area (Å²) in [5, 5.41) is 0. The summed E-state index contributed by atoms with van der Waals surface area (Å²) >= 11 is 6.46. The Labute approximate surface area is 157 Å². The van der Waals surface area contributed by atoms with Crippen molar-refractivity contribution in [1.82, 2.24) is 0 Å². The van der Waals surface area contributed by atoms with E-state index in [0.29, 0.717) is 15.0 Å². The van der Waals surface area contributed by atoms with E-state index in [2.05, 4.69) is 25.6 Å². The second-order valence-corrected chi connectivity index (χ2v) is 7.50. The zero-order valence-electron chi connectivity index (χ0n) is 14.0. The van der Waals surface area contributed by atoms with Crippen molar-refractivity contribution in [3.8, 4) is 11.5 Å². The lowest BCUT2D eigenvalue weighted by atomic mass is 10.1. The van der Waals surface area contributed by atoms with Crippen LogP contribution in [0.3, 0.4) is 0 Å². The molecule has 0 radical (unpaired) electrons. The van der Waals surface area contributed by atoms with E-state index in [1.807, 2.05) is 36.4 Å². The number of hydrogen-bond donors (Lipinski definition) is 0. The number of aryl methyl sites for hydroxylation is 1. The first-order chi connectivity index (χ1) is 12.1. The topological polar surface area (TPSA) is 29.5 Å². The maximum absolute atomic E-state index is 12.1. The van der Waals surface area contributed by atoms with Gasteiger partial charge in [0.1, 0.15) is 11.5 Å². The standard InChI is InChI=1S/C20H19NO2S2/c1-3-4-5-15-6-10-17(11-7-15)23-18-12-8-16(9-13-18)21-19(22)14(2)25-20(21)24/h6-13H,2-5H2,1H3. The summed E-state index contributed by atoms with van der Waals surface area (Å²) in [6.07, 6.45) is 3.49. The SMILES string of the molecule is C=C1SC(=S)N(c2ccc(Oc3ccc(CCCC)cc3)cc2)C1=O. The Morgan fingerprint density at radius 2 is 1.68 bits per heavy atom. The van der Waals surface area contributed by atoms with Crippen LogP contribution in [0, 0.1) is 0 Å². The van der Waals surface area contributed by atoms with Gasteiger partial charge in [-0.25, -0.2) is 0 Å². The highest BCUT2D eigenvalue weighted by molar-refractivity contribution is 8.27. The van der Waals surface area contributed by atoms with E-state index in [1.54, 1.807) is 0 Å². The molecule has 1 fully saturated rings. The van der Waals surface area contributed by atoms with Crippen LogP contribution in [0.15, 0.2) is 60.0 Å². The van der Waals surface area contributed by atoms with Gasteiger partial charge in [0.05, 0.1) is 10.6 Å². The number of anilines is 1. The second kappa shape index (κ2) is 7.85. The van der Waals surface area contributed by atoms with Gasteiger partial charge in [-0.2, -0.15) is 0 Å². The number of rotatable bonds is 6. The molecule has 0 aliphatic carbocycles. The number of nitrogens with zero attached hydrogens (tertiary/aromatic N) is 1. The van der Waals surface area contributed by atoms with Gasteiger partial charge in [0.25, 0.3) is 5.91 Å². The molecule has 1 amide bonds. The van der Waals surface area contributed by atoms with E-state index < -0.39 is 0 Å². The summed E-state index contributed by atoms with van der Waals surface area (Å²) in [4.78, 5) is 14.0. The first-order valence-corrected chi connectivity index (χ1v) is 9.43. The summed E-state index contributed by atoms with van der Waals surface area (Å²) in [5.74, 6) is 1.35. The first-order valence-electron chi connectivity index (χ1n) is 8.20. The van der Waals surface area contributed by atoms with Gasteiger partial charge in [0.2, 0.25) is 0 Å². The van der Waals surface area contributed by atoms with E-state index in [-0.39, 0.29) is 5.91 Å². The zero-order chi connectivity index (χ0) is 17.8. The third kappa shape index (κ3) is 4.11. The van der Waals surface area contributed by atoms with Crippen LogP contribution >= 0.6 is 24.0 Å². The Morgan fingerprint density at radius 3 is 2.20 bits per heavy atom. The quantitative estimate of drug-likeness (QED) is 0.482. The smallest absolute Gasteiger partial charge is 0.270 e. The highest BCUT2D eigenvalue weighted by Crippen LogP contribution is 2.34. The van der Waals surface area contributed by atoms with Gasteiger partial charge in [-0.15, -0.1) is 0 Å². The summed E-state index contributed by atoms with van der Waals surface area (Å²) in [7, 11) is 0. The van der Waals surface area contributed by atoms with Crippen LogP contribution in [-0.4, -0.2) is 10.2 Å². The van der Waals surface area contributed by atoms with E-state index >= 15 is 0 Å². The Bertz CT molecular complexity index is 797. The Hall–Kier alpha value is -2.11. The van der Waals surface area contributed by atoms with Crippen LogP contribution in [-0.2, 0) is 11.2 Å². The molecule has 1 aliphatic heterocycles. The van der Waals surface area contributed by atoms with E-state index in [1.165, 1.54) is 35.1 Å². The highest BCUT2D eigenvalue weighted by Gasteiger charge is 2.31. The monoisotopic (exact) mass is 369 g/mol. The average molecular weight is 370 g/mol. The molecule has 0 unspecified atom stereocenters. The zero-order valence-corrected chi connectivity index (χ0v) is 15.7. The van der Waals surface area contributed by atoms with E-state index in [0.717, 1.165) is 17.9 Å². The van der Waals surface area contributed by atoms with Crippen molar-refractivity contribution in [2.24, 2.45) is 0 Å². The molecule has 1 aliphatic rings. The van der Waals surface area contributed by atoms with Crippen molar-refractivity contribution >= 4 is 39.9 Å². The lowest BCUT2D eigenvalue weighted by Crippen LogP contribution is -2.27. The maximum Gasteiger partial charge on any atom is 0.270 e. The minimum absolute atomic E-state index is 0.161. The normalized spacial score (nSPS) is 14.3. The number of ether oxygens (including phenoxy) is 1. The molecule has 25 heavy (non-hydrogen) atoms. The number of thiocarbonyl (C=S) groups is 1. The summed E-state index contributed by atoms with van der Waals surface area (Å²) in [6, 6.07) is 15.5. The fraction of sp³-hybridized carbons (Fsp3) is 0.200. The van der Waals surface area contributed by atoms with E-state index in [9.17, 15) is 4.79 Å². The van der Waals surface area contributed by atoms with Crippen molar-refractivity contribution in [3.63, 3.8) is 0 Å². The number of hydrogen-bond acceptors (Lipinski definition) is 4. The molecule has 1 heterocycles. The number of carbonyl (C=O) groups excluding carboxylic acids is 1. The van der Waals surface area contributed by atoms with Gasteiger partial charge in [0, 0.05) is 0 Å². The van der Waals surface area contributed by atoms with Crippen LogP contribution in [0.2, 0.25) is 0 Å². The molecule has 0 bridgehead atoms. The number of benzene rings is 2. The number of carbonyl (C=O) groups is 1. The predicted octanol–water partition coefficient (Wildman–Crippen LogP) is 5.70. The Morgan fingerprint density at radius 1 is 1.08 bits per heavy atom. The fourth-order valence-electron chi connectivity index (χ4n) is 2.53. The predicted molar refractivity (Wildman–Crippen MR) is 108 cm³/mol. The van der Waals surface area contributed by atoms with Crippen LogP contribution in [0.4, 0.5) is 5.69 Å². The molecule has 2 aromatic rings. The number of unbranched alkanes of at least 4 members (excludes halogenated alkanes) is 1. The molecule has 128 valence electrons. The van der Waals surface area contributed by atoms with Crippen LogP contribution in [0.1, 0.15) is 25.3 Å². The molecule has 0 N–H and O–H groups in total. The first kappa shape index (κ1) is 17.7. The van der Waals surface area contributed by atoms with Gasteiger partial charge in [-0.3, -0.25) is 9.69 Å². The average Bonchev–Trinajstić information content (AvgIpc) is 2.87. The molecule has 5 heteroatoms. The second-order valence-electron chi connectivity index (χ2n) is 5.78. The minimum atomic E-state index is -0.161. The number of thioether (sulfide) groups is 1. The van der Waals surface area contributed by atoms with Crippen molar-refractivity contribution in [3.05, 3.63) is 65.6 Å². The van der Waals surface area contributed by atoms with Gasteiger partial charge in [-0.05, 0) is 54.8 Å². The van der Waals surface area contributed by atoms with Gasteiger partial charge in [-0.1, -0.05) is 56.0 Å². The molecular weight excluding hydrogens is 350 g/mol. The molecule has 3 rings (SSSR count). The van der Waals surface area contributed by atoms with E-state index in [4.69, 9.17) is 17.0 Å². The van der Waals surface area contributed by atoms with Crippen LogP contribution in [0.5, 0.6) is 11.5 Å². The molecule has 2 aromatic carbocycles. The molecule has 1 saturated heterocycles. The van der Waals surface area contributed by atoms with Crippen molar-refractivity contribution in [1.29, 1.82) is 0 Å². The van der Waals surface area contributed by atoms with Gasteiger partial charge >= 0.3 is 0 Å². The fourth-order valence-corrected chi connectivity index (χ4v) is 3.69. The van der Waals surface area contributed by atoms with Gasteiger partial charge in [0.15, 0.2) is 4.32 Å². The number of amides is 1. The van der Waals surface area contributed by atoms with Crippen LogP contribution < -0.4 is 9.64 Å². The molecule has 0 spiro atoms. The van der Waals surface area contributed by atoms with Crippen LogP contribution in [0.25, 0.3) is 0 Å². The summed E-state index contributed by atoms with van der Waals surface area (Å²) in [5.41, 5.74) is 2.05. The lowest BCUT2D eigenvalue weighted by Gasteiger charge is -2.15. The van der Waals surface area contributed by atoms with Crippen molar-refractivity contribution < 1.29 is 9.53 Å². The van der Waals surface area contributed by atoms with Crippen molar-refractivity contribution in [2.45, 2.75) is 26.2 Å². The molecule has 0 aromatic heterocycles. The molecular formula is C20H19NO2S2. The highest BCUT2D eigenvalue weighted by atomic mass is 32.2. The molecule has 0 saturated carbocycles. The van der Waals surface area contributed by atoms with Crippen molar-refractivity contribution in [2.75, 3.05) is 4.90 Å². The Balaban J connectivity index is 1.68. The summed E-state index contributed by atoms with van der Waals surface area (Å²) < 4.78 is 6.38.